The highest BCUT2D eigenvalue weighted by atomic mass is 35.5. The summed E-state index contributed by atoms with van der Waals surface area (Å²) in [6.45, 7) is 3.33. The van der Waals surface area contributed by atoms with E-state index in [9.17, 15) is 9.59 Å². The van der Waals surface area contributed by atoms with Crippen molar-refractivity contribution in [1.29, 1.82) is 0 Å². The lowest BCUT2D eigenvalue weighted by Crippen LogP contribution is -2.51. The quantitative estimate of drug-likeness (QED) is 0.262. The Morgan fingerprint density at radius 2 is 2.13 bits per heavy atom. The molecule has 0 saturated carbocycles. The molecule has 0 aromatic rings. The van der Waals surface area contributed by atoms with Gasteiger partial charge in [-0.05, 0) is 6.42 Å². The molecule has 0 radical (unpaired) electrons. The molecule has 1 saturated heterocycles. The lowest BCUT2D eigenvalue weighted by Gasteiger charge is -2.28. The Morgan fingerprint density at radius 1 is 1.53 bits per heavy atom. The number of hydrogen-bond acceptors (Lipinski definition) is 4. The summed E-state index contributed by atoms with van der Waals surface area (Å²) in [5.74, 6) is 4.14. The number of ketones is 1. The van der Waals surface area contributed by atoms with Crippen LogP contribution in [0.3, 0.4) is 0 Å². The predicted octanol–water partition coefficient (Wildman–Crippen LogP) is -0.397. The first-order chi connectivity index (χ1) is 6.70. The number of Topliss-reactive ketones (excluding diaryl/α,β-unsaturated/α-hetero) is 1. The minimum absolute atomic E-state index is 0. The molecule has 0 spiro atoms. The van der Waals surface area contributed by atoms with Crippen molar-refractivity contribution < 1.29 is 9.59 Å². The summed E-state index contributed by atoms with van der Waals surface area (Å²) in [6, 6.07) is 0. The third-order valence-corrected chi connectivity index (χ3v) is 2.56. The fraction of sp³-hybridized carbons (Fsp3) is 0.778. The molecule has 1 rings (SSSR count). The second-order valence-electron chi connectivity index (χ2n) is 3.61. The topological polar surface area (TPSA) is 84.2 Å². The summed E-state index contributed by atoms with van der Waals surface area (Å²) in [7, 11) is 0. The second kappa shape index (κ2) is 6.76. The molecule has 88 valence electrons. The molecular formula is C9H18ClN3O2. The van der Waals surface area contributed by atoms with Gasteiger partial charge in [0.15, 0.2) is 5.78 Å². The Hall–Kier alpha value is -0.650. The lowest BCUT2D eigenvalue weighted by molar-refractivity contribution is -0.137. The first kappa shape index (κ1) is 14.3. The molecular weight excluding hydrogens is 218 g/mol. The Balaban J connectivity index is 0.00000196. The molecule has 6 heteroatoms. The summed E-state index contributed by atoms with van der Waals surface area (Å²) >= 11 is 0. The third kappa shape index (κ3) is 3.44. The summed E-state index contributed by atoms with van der Waals surface area (Å²) < 4.78 is 0. The normalized spacial score (nSPS) is 17.2. The van der Waals surface area contributed by atoms with E-state index in [1.807, 2.05) is 6.92 Å². The van der Waals surface area contributed by atoms with Crippen LogP contribution in [0.4, 0.5) is 0 Å². The molecule has 1 heterocycles. The van der Waals surface area contributed by atoms with Crippen LogP contribution in [0, 0.1) is 11.8 Å². The van der Waals surface area contributed by atoms with E-state index >= 15 is 0 Å². The van der Waals surface area contributed by atoms with Crippen molar-refractivity contribution >= 4 is 24.1 Å². The number of nitrogens with one attached hydrogen (secondary N) is 2. The van der Waals surface area contributed by atoms with E-state index in [4.69, 9.17) is 5.84 Å². The highest BCUT2D eigenvalue weighted by Crippen LogP contribution is 2.16. The molecule has 15 heavy (non-hydrogen) atoms. The SMILES string of the molecule is CCCC(C(=O)NN)C(=O)C1CNC1.Cl. The Bertz CT molecular complexity index is 231. The van der Waals surface area contributed by atoms with Crippen LogP contribution in [-0.2, 0) is 9.59 Å². The van der Waals surface area contributed by atoms with Crippen LogP contribution < -0.4 is 16.6 Å². The zero-order valence-electron chi connectivity index (χ0n) is 8.79. The molecule has 1 aliphatic rings. The first-order valence-corrected chi connectivity index (χ1v) is 4.95. The monoisotopic (exact) mass is 235 g/mol. The van der Waals surface area contributed by atoms with Gasteiger partial charge in [0.1, 0.15) is 0 Å². The van der Waals surface area contributed by atoms with Crippen molar-refractivity contribution in [3.05, 3.63) is 0 Å². The van der Waals surface area contributed by atoms with Gasteiger partial charge in [0.25, 0.3) is 0 Å². The maximum atomic E-state index is 11.8. The predicted molar refractivity (Wildman–Crippen MR) is 59.3 cm³/mol. The number of halogens is 1. The van der Waals surface area contributed by atoms with E-state index < -0.39 is 5.92 Å². The molecule has 1 fully saturated rings. The molecule has 5 nitrogen and oxygen atoms in total. The lowest BCUT2D eigenvalue weighted by atomic mass is 9.86. The molecule has 0 bridgehead atoms. The Labute approximate surface area is 95.5 Å². The molecule has 1 aliphatic heterocycles. The van der Waals surface area contributed by atoms with E-state index in [0.29, 0.717) is 19.5 Å². The highest BCUT2D eigenvalue weighted by Gasteiger charge is 2.34. The maximum absolute atomic E-state index is 11.8. The molecule has 0 aromatic carbocycles. The van der Waals surface area contributed by atoms with Gasteiger partial charge in [0.05, 0.1) is 5.92 Å². The minimum Gasteiger partial charge on any atom is -0.315 e. The van der Waals surface area contributed by atoms with Crippen molar-refractivity contribution in [1.82, 2.24) is 10.7 Å². The van der Waals surface area contributed by atoms with Gasteiger partial charge in [-0.2, -0.15) is 0 Å². The van der Waals surface area contributed by atoms with Crippen LogP contribution >= 0.6 is 12.4 Å². The maximum Gasteiger partial charge on any atom is 0.244 e. The Kier molecular flexibility index (Phi) is 6.47. The van der Waals surface area contributed by atoms with E-state index in [-0.39, 0.29) is 30.0 Å². The zero-order valence-corrected chi connectivity index (χ0v) is 9.60. The van der Waals surface area contributed by atoms with Crippen molar-refractivity contribution in [3.8, 4) is 0 Å². The molecule has 0 aromatic heterocycles. The van der Waals surface area contributed by atoms with Gasteiger partial charge >= 0.3 is 0 Å². The van der Waals surface area contributed by atoms with E-state index in [1.54, 1.807) is 0 Å². The molecule has 0 aliphatic carbocycles. The largest absolute Gasteiger partial charge is 0.315 e. The van der Waals surface area contributed by atoms with Gasteiger partial charge in [0, 0.05) is 19.0 Å². The zero-order chi connectivity index (χ0) is 10.6. The van der Waals surface area contributed by atoms with Crippen LogP contribution in [0.15, 0.2) is 0 Å². The standard InChI is InChI=1S/C9H17N3O2.ClH/c1-2-3-7(9(14)12-10)8(13)6-4-11-5-6;/h6-7,11H,2-5,10H2,1H3,(H,12,14);1H. The number of amides is 1. The number of rotatable bonds is 5. The molecule has 1 amide bonds. The molecule has 1 unspecified atom stereocenters. The molecule has 1 atom stereocenters. The first-order valence-electron chi connectivity index (χ1n) is 4.95. The van der Waals surface area contributed by atoms with Crippen LogP contribution in [0.2, 0.25) is 0 Å². The van der Waals surface area contributed by atoms with Crippen LogP contribution in [0.1, 0.15) is 19.8 Å². The van der Waals surface area contributed by atoms with Gasteiger partial charge < -0.3 is 5.32 Å². The summed E-state index contributed by atoms with van der Waals surface area (Å²) in [5.41, 5.74) is 2.05. The van der Waals surface area contributed by atoms with Crippen molar-refractivity contribution in [2.45, 2.75) is 19.8 Å². The van der Waals surface area contributed by atoms with Gasteiger partial charge in [-0.3, -0.25) is 15.0 Å². The highest BCUT2D eigenvalue weighted by molar-refractivity contribution is 6.02. The summed E-state index contributed by atoms with van der Waals surface area (Å²) in [6.07, 6.45) is 1.39. The smallest absolute Gasteiger partial charge is 0.244 e. The fourth-order valence-electron chi connectivity index (χ4n) is 1.57. The van der Waals surface area contributed by atoms with E-state index in [2.05, 4.69) is 10.7 Å². The van der Waals surface area contributed by atoms with Crippen LogP contribution in [0.25, 0.3) is 0 Å². The minimum atomic E-state index is -0.558. The van der Waals surface area contributed by atoms with Gasteiger partial charge in [-0.15, -0.1) is 12.4 Å². The average molecular weight is 236 g/mol. The van der Waals surface area contributed by atoms with Crippen LogP contribution in [0.5, 0.6) is 0 Å². The molecule has 4 N–H and O–H groups in total. The number of carbonyl (C=O) groups excluding carboxylic acids is 2. The van der Waals surface area contributed by atoms with Crippen molar-refractivity contribution in [2.75, 3.05) is 13.1 Å². The number of carbonyl (C=O) groups is 2. The van der Waals surface area contributed by atoms with Gasteiger partial charge in [-0.25, -0.2) is 5.84 Å². The number of hydrogen-bond donors (Lipinski definition) is 3. The van der Waals surface area contributed by atoms with Crippen LogP contribution in [-0.4, -0.2) is 24.8 Å². The fourth-order valence-corrected chi connectivity index (χ4v) is 1.57. The van der Waals surface area contributed by atoms with Gasteiger partial charge in [0.2, 0.25) is 5.91 Å². The number of hydrazine groups is 1. The Morgan fingerprint density at radius 3 is 2.47 bits per heavy atom. The van der Waals surface area contributed by atoms with E-state index in [0.717, 1.165) is 6.42 Å². The van der Waals surface area contributed by atoms with E-state index in [1.165, 1.54) is 0 Å². The summed E-state index contributed by atoms with van der Waals surface area (Å²) in [5, 5.41) is 3.01. The third-order valence-electron chi connectivity index (χ3n) is 2.56. The summed E-state index contributed by atoms with van der Waals surface area (Å²) in [4.78, 5) is 23.1. The van der Waals surface area contributed by atoms with Gasteiger partial charge in [-0.1, -0.05) is 13.3 Å². The second-order valence-corrected chi connectivity index (χ2v) is 3.61. The average Bonchev–Trinajstić information content (AvgIpc) is 2.10. The number of nitrogens with two attached hydrogens (primary N) is 1. The van der Waals surface area contributed by atoms with Crippen molar-refractivity contribution in [3.63, 3.8) is 0 Å². The van der Waals surface area contributed by atoms with Crippen molar-refractivity contribution in [2.24, 2.45) is 17.7 Å².